The number of nitrogen functional groups attached to an aromatic ring is 1. The van der Waals surface area contributed by atoms with Crippen LogP contribution in [0.5, 0.6) is 0 Å². The standard InChI is InChI=1S/C12H10N4O7S/c13-7-1-3-8(4-2-7)14-12-10(16(19)20)5-9(15(17)18)6-11(12)24(21,22)23/h1-6,14H,13H2,(H,21,22,23). The highest BCUT2D eigenvalue weighted by Crippen LogP contribution is 2.37. The van der Waals surface area contributed by atoms with E-state index in [1.165, 1.54) is 24.3 Å². The second-order valence-electron chi connectivity index (χ2n) is 4.57. The molecule has 11 nitrogen and oxygen atoms in total. The maximum atomic E-state index is 11.5. The smallest absolute Gasteiger partial charge is 0.300 e. The van der Waals surface area contributed by atoms with Crippen LogP contribution in [0.15, 0.2) is 41.3 Å². The molecule has 0 atom stereocenters. The van der Waals surface area contributed by atoms with E-state index in [4.69, 9.17) is 5.73 Å². The van der Waals surface area contributed by atoms with Gasteiger partial charge in [-0.25, -0.2) is 0 Å². The van der Waals surface area contributed by atoms with Crippen molar-refractivity contribution in [1.29, 1.82) is 0 Å². The van der Waals surface area contributed by atoms with Gasteiger partial charge in [-0.15, -0.1) is 0 Å². The number of nitrogens with two attached hydrogens (primary N) is 1. The topological polar surface area (TPSA) is 179 Å². The molecule has 0 aromatic heterocycles. The minimum atomic E-state index is -4.97. The fraction of sp³-hybridized carbons (Fsp3) is 0. The Bertz CT molecular complexity index is 925. The van der Waals surface area contributed by atoms with E-state index < -0.39 is 41.9 Å². The zero-order valence-electron chi connectivity index (χ0n) is 11.7. The van der Waals surface area contributed by atoms with Gasteiger partial charge in [0.1, 0.15) is 10.6 Å². The van der Waals surface area contributed by atoms with E-state index in [9.17, 15) is 33.2 Å². The highest BCUT2D eigenvalue weighted by Gasteiger charge is 2.30. The second kappa shape index (κ2) is 6.10. The van der Waals surface area contributed by atoms with Crippen molar-refractivity contribution < 1.29 is 22.8 Å². The molecule has 0 radical (unpaired) electrons. The van der Waals surface area contributed by atoms with Crippen LogP contribution in [0.25, 0.3) is 0 Å². The molecule has 2 rings (SSSR count). The molecular formula is C12H10N4O7S. The van der Waals surface area contributed by atoms with E-state index in [1.807, 2.05) is 0 Å². The summed E-state index contributed by atoms with van der Waals surface area (Å²) in [6, 6.07) is 6.85. The zero-order valence-corrected chi connectivity index (χ0v) is 12.6. The first-order valence-electron chi connectivity index (χ1n) is 6.16. The molecule has 0 saturated carbocycles. The van der Waals surface area contributed by atoms with E-state index >= 15 is 0 Å². The molecule has 0 saturated heterocycles. The highest BCUT2D eigenvalue weighted by molar-refractivity contribution is 7.86. The molecule has 0 aliphatic carbocycles. The summed E-state index contributed by atoms with van der Waals surface area (Å²) in [6.07, 6.45) is 0. The molecule has 126 valence electrons. The van der Waals surface area contributed by atoms with Crippen LogP contribution in [0.1, 0.15) is 0 Å². The van der Waals surface area contributed by atoms with Crippen LogP contribution < -0.4 is 11.1 Å². The van der Waals surface area contributed by atoms with Gasteiger partial charge in [0.15, 0.2) is 0 Å². The summed E-state index contributed by atoms with van der Waals surface area (Å²) in [4.78, 5) is 19.0. The Balaban J connectivity index is 2.73. The van der Waals surface area contributed by atoms with Gasteiger partial charge >= 0.3 is 5.69 Å². The number of anilines is 3. The first kappa shape index (κ1) is 17.1. The third-order valence-electron chi connectivity index (χ3n) is 2.93. The minimum Gasteiger partial charge on any atom is -0.399 e. The molecule has 0 bridgehead atoms. The Hall–Kier alpha value is -3.25. The highest BCUT2D eigenvalue weighted by atomic mass is 32.2. The lowest BCUT2D eigenvalue weighted by Crippen LogP contribution is -2.07. The number of hydrogen-bond donors (Lipinski definition) is 3. The van der Waals surface area contributed by atoms with Crippen LogP contribution in [-0.2, 0) is 10.1 Å². The van der Waals surface area contributed by atoms with Crippen molar-refractivity contribution in [2.24, 2.45) is 0 Å². The summed E-state index contributed by atoms with van der Waals surface area (Å²) >= 11 is 0. The van der Waals surface area contributed by atoms with Crippen molar-refractivity contribution in [2.45, 2.75) is 4.90 Å². The molecule has 24 heavy (non-hydrogen) atoms. The summed E-state index contributed by atoms with van der Waals surface area (Å²) in [5.74, 6) is 0. The Kier molecular flexibility index (Phi) is 4.35. The van der Waals surface area contributed by atoms with Crippen LogP contribution in [0.4, 0.5) is 28.4 Å². The van der Waals surface area contributed by atoms with E-state index in [2.05, 4.69) is 5.32 Å². The first-order valence-corrected chi connectivity index (χ1v) is 7.60. The summed E-state index contributed by atoms with van der Waals surface area (Å²) in [5.41, 5.74) is 3.80. The maximum Gasteiger partial charge on any atom is 0.300 e. The number of non-ortho nitro benzene ring substituents is 1. The number of hydrogen-bond acceptors (Lipinski definition) is 8. The van der Waals surface area contributed by atoms with Crippen LogP contribution in [0.3, 0.4) is 0 Å². The third-order valence-corrected chi connectivity index (χ3v) is 3.81. The van der Waals surface area contributed by atoms with Crippen molar-refractivity contribution in [3.8, 4) is 0 Å². The molecule has 2 aromatic carbocycles. The van der Waals surface area contributed by atoms with E-state index in [0.29, 0.717) is 17.8 Å². The molecular weight excluding hydrogens is 344 g/mol. The van der Waals surface area contributed by atoms with Crippen molar-refractivity contribution in [2.75, 3.05) is 11.1 Å². The average molecular weight is 354 g/mol. The van der Waals surface area contributed by atoms with Crippen LogP contribution in [-0.4, -0.2) is 22.8 Å². The molecule has 0 aliphatic heterocycles. The molecule has 0 spiro atoms. The van der Waals surface area contributed by atoms with Gasteiger partial charge in [-0.05, 0) is 24.3 Å². The van der Waals surface area contributed by atoms with E-state index in [1.54, 1.807) is 0 Å². The maximum absolute atomic E-state index is 11.5. The van der Waals surface area contributed by atoms with Crippen molar-refractivity contribution in [3.05, 3.63) is 56.6 Å². The largest absolute Gasteiger partial charge is 0.399 e. The van der Waals surface area contributed by atoms with Gasteiger partial charge in [0.05, 0.1) is 15.9 Å². The lowest BCUT2D eigenvalue weighted by molar-refractivity contribution is -0.393. The number of benzene rings is 2. The zero-order chi connectivity index (χ0) is 18.1. The Labute approximate surface area is 134 Å². The second-order valence-corrected chi connectivity index (χ2v) is 5.96. The molecule has 12 heteroatoms. The number of nitrogens with one attached hydrogen (secondary N) is 1. The monoisotopic (exact) mass is 354 g/mol. The van der Waals surface area contributed by atoms with Gasteiger partial charge in [0.25, 0.3) is 15.8 Å². The number of rotatable bonds is 5. The lowest BCUT2D eigenvalue weighted by atomic mass is 10.2. The van der Waals surface area contributed by atoms with Gasteiger partial charge in [-0.1, -0.05) is 0 Å². The molecule has 0 amide bonds. The summed E-state index contributed by atoms with van der Waals surface area (Å²) in [6.45, 7) is 0. The third kappa shape index (κ3) is 3.56. The average Bonchev–Trinajstić information content (AvgIpc) is 2.48. The summed E-state index contributed by atoms with van der Waals surface area (Å²) in [5, 5.41) is 24.5. The molecule has 0 aliphatic rings. The van der Waals surface area contributed by atoms with E-state index in [-0.39, 0.29) is 5.69 Å². The Morgan fingerprint density at radius 3 is 2.08 bits per heavy atom. The van der Waals surface area contributed by atoms with E-state index in [0.717, 1.165) is 0 Å². The van der Waals surface area contributed by atoms with Crippen LogP contribution in [0, 0.1) is 20.2 Å². The predicted octanol–water partition coefficient (Wildman–Crippen LogP) is 2.08. The van der Waals surface area contributed by atoms with Gasteiger partial charge in [0, 0.05) is 17.4 Å². The predicted molar refractivity (Wildman–Crippen MR) is 83.7 cm³/mol. The van der Waals surface area contributed by atoms with Gasteiger partial charge in [0.2, 0.25) is 0 Å². The van der Waals surface area contributed by atoms with Crippen LogP contribution >= 0.6 is 0 Å². The molecule has 0 heterocycles. The number of nitro groups is 2. The summed E-state index contributed by atoms with van der Waals surface area (Å²) in [7, 11) is -4.97. The number of nitrogens with zero attached hydrogens (tertiary/aromatic N) is 2. The molecule has 0 unspecified atom stereocenters. The number of nitro benzene ring substituents is 2. The summed E-state index contributed by atoms with van der Waals surface area (Å²) < 4.78 is 32.3. The fourth-order valence-corrected chi connectivity index (χ4v) is 2.56. The van der Waals surface area contributed by atoms with Crippen LogP contribution in [0.2, 0.25) is 0 Å². The van der Waals surface area contributed by atoms with Gasteiger partial charge in [-0.3, -0.25) is 24.8 Å². The first-order chi connectivity index (χ1) is 11.1. The SMILES string of the molecule is Nc1ccc(Nc2c([N+](=O)[O-])cc([N+](=O)[O-])cc2S(=O)(=O)O)cc1. The van der Waals surface area contributed by atoms with Gasteiger partial charge in [-0.2, -0.15) is 8.42 Å². The minimum absolute atomic E-state index is 0.228. The molecule has 0 fully saturated rings. The lowest BCUT2D eigenvalue weighted by Gasteiger charge is -2.11. The quantitative estimate of drug-likeness (QED) is 0.313. The molecule has 2 aromatic rings. The normalized spacial score (nSPS) is 11.0. The van der Waals surface area contributed by atoms with Gasteiger partial charge < -0.3 is 11.1 Å². The Morgan fingerprint density at radius 1 is 1.04 bits per heavy atom. The van der Waals surface area contributed by atoms with Crippen molar-refractivity contribution >= 4 is 38.6 Å². The Morgan fingerprint density at radius 2 is 1.62 bits per heavy atom. The van der Waals surface area contributed by atoms with Crippen molar-refractivity contribution in [3.63, 3.8) is 0 Å². The molecule has 4 N–H and O–H groups in total. The van der Waals surface area contributed by atoms with Crippen molar-refractivity contribution in [1.82, 2.24) is 0 Å². The fourth-order valence-electron chi connectivity index (χ4n) is 1.88.